The third-order valence-corrected chi connectivity index (χ3v) is 5.47. The van der Waals surface area contributed by atoms with E-state index in [-0.39, 0.29) is 11.9 Å². The first-order valence-electron chi connectivity index (χ1n) is 10.3. The highest BCUT2D eigenvalue weighted by Crippen LogP contribution is 2.29. The maximum Gasteiger partial charge on any atom is 0.241 e. The molecule has 2 aromatic rings. The Labute approximate surface area is 179 Å². The minimum Gasteiger partial charge on any atom is -0.497 e. The molecule has 0 radical (unpaired) electrons. The molecule has 1 saturated heterocycles. The molecular formula is C24H31N3O3. The minimum absolute atomic E-state index is 0.0426. The van der Waals surface area contributed by atoms with Gasteiger partial charge in [-0.25, -0.2) is 0 Å². The summed E-state index contributed by atoms with van der Waals surface area (Å²) in [5.74, 6) is 1.25. The lowest BCUT2D eigenvalue weighted by atomic mass is 10.2. The van der Waals surface area contributed by atoms with E-state index in [9.17, 15) is 4.79 Å². The van der Waals surface area contributed by atoms with Gasteiger partial charge in [-0.1, -0.05) is 42.5 Å². The van der Waals surface area contributed by atoms with E-state index in [0.717, 1.165) is 32.7 Å². The monoisotopic (exact) mass is 409 g/mol. The molecule has 1 unspecified atom stereocenters. The summed E-state index contributed by atoms with van der Waals surface area (Å²) in [7, 11) is 3.19. The van der Waals surface area contributed by atoms with Crippen LogP contribution in [0.4, 0.5) is 5.69 Å². The van der Waals surface area contributed by atoms with E-state index in [1.165, 1.54) is 5.56 Å². The van der Waals surface area contributed by atoms with Gasteiger partial charge in [-0.15, -0.1) is 0 Å². The summed E-state index contributed by atoms with van der Waals surface area (Å²) in [5, 5.41) is 2.99. The number of nitrogens with one attached hydrogen (secondary N) is 1. The molecule has 1 heterocycles. The van der Waals surface area contributed by atoms with Gasteiger partial charge in [-0.2, -0.15) is 0 Å². The van der Waals surface area contributed by atoms with Crippen LogP contribution in [0.3, 0.4) is 0 Å². The van der Waals surface area contributed by atoms with Crippen molar-refractivity contribution in [3.05, 3.63) is 60.2 Å². The number of ether oxygens (including phenoxy) is 2. The van der Waals surface area contributed by atoms with Gasteiger partial charge in [-0.05, 0) is 24.6 Å². The second kappa shape index (κ2) is 10.8. The normalized spacial score (nSPS) is 16.4. The van der Waals surface area contributed by atoms with Gasteiger partial charge in [0.25, 0.3) is 0 Å². The Hall–Kier alpha value is -2.83. The first-order valence-corrected chi connectivity index (χ1v) is 10.3. The van der Waals surface area contributed by atoms with E-state index in [2.05, 4.69) is 39.4 Å². The summed E-state index contributed by atoms with van der Waals surface area (Å²) >= 11 is 0. The number of hydrogen-bond donors (Lipinski definition) is 1. The molecule has 1 atom stereocenters. The summed E-state index contributed by atoms with van der Waals surface area (Å²) in [4.78, 5) is 17.4. The molecule has 6 heteroatoms. The number of carbonyl (C=O) groups excluding carboxylic acids is 1. The van der Waals surface area contributed by atoms with Crippen LogP contribution in [0.1, 0.15) is 12.5 Å². The Bertz CT molecular complexity index is 846. The number of benzene rings is 2. The van der Waals surface area contributed by atoms with Crippen molar-refractivity contribution in [2.75, 3.05) is 52.3 Å². The van der Waals surface area contributed by atoms with Crippen LogP contribution in [0.25, 0.3) is 6.08 Å². The molecule has 1 N–H and O–H groups in total. The third kappa shape index (κ3) is 5.84. The van der Waals surface area contributed by atoms with Crippen molar-refractivity contribution in [1.29, 1.82) is 0 Å². The molecule has 0 bridgehead atoms. The maximum atomic E-state index is 12.8. The van der Waals surface area contributed by atoms with Crippen molar-refractivity contribution in [3.8, 4) is 11.5 Å². The van der Waals surface area contributed by atoms with Crippen molar-refractivity contribution in [1.82, 2.24) is 9.80 Å². The predicted octanol–water partition coefficient (Wildman–Crippen LogP) is 3.36. The molecule has 1 aliphatic rings. The lowest BCUT2D eigenvalue weighted by molar-refractivity contribution is -0.121. The molecule has 0 aliphatic carbocycles. The third-order valence-electron chi connectivity index (χ3n) is 5.47. The Morgan fingerprint density at radius 2 is 1.80 bits per heavy atom. The van der Waals surface area contributed by atoms with E-state index in [1.807, 2.05) is 31.2 Å². The number of hydrogen-bond acceptors (Lipinski definition) is 5. The fourth-order valence-electron chi connectivity index (χ4n) is 3.55. The molecule has 6 nitrogen and oxygen atoms in total. The highest BCUT2D eigenvalue weighted by Gasteiger charge is 2.25. The van der Waals surface area contributed by atoms with Gasteiger partial charge in [0.2, 0.25) is 5.91 Å². The van der Waals surface area contributed by atoms with E-state index in [1.54, 1.807) is 26.4 Å². The number of carbonyl (C=O) groups is 1. The number of nitrogens with zero attached hydrogens (tertiary/aromatic N) is 2. The zero-order valence-electron chi connectivity index (χ0n) is 18.0. The lowest BCUT2D eigenvalue weighted by Crippen LogP contribution is -2.52. The van der Waals surface area contributed by atoms with Crippen LogP contribution in [0, 0.1) is 0 Å². The summed E-state index contributed by atoms with van der Waals surface area (Å²) in [6.45, 7) is 6.49. The first-order chi connectivity index (χ1) is 14.6. The van der Waals surface area contributed by atoms with Crippen LogP contribution in [0.5, 0.6) is 11.5 Å². The van der Waals surface area contributed by atoms with Gasteiger partial charge in [0, 0.05) is 38.8 Å². The largest absolute Gasteiger partial charge is 0.497 e. The summed E-state index contributed by atoms with van der Waals surface area (Å²) < 4.78 is 10.6. The van der Waals surface area contributed by atoms with Crippen LogP contribution in [-0.2, 0) is 4.79 Å². The zero-order chi connectivity index (χ0) is 21.3. The molecule has 0 aromatic heterocycles. The smallest absolute Gasteiger partial charge is 0.241 e. The van der Waals surface area contributed by atoms with E-state index < -0.39 is 0 Å². The molecule has 3 rings (SSSR count). The summed E-state index contributed by atoms with van der Waals surface area (Å²) in [6.07, 6.45) is 4.36. The van der Waals surface area contributed by atoms with Crippen molar-refractivity contribution >= 4 is 17.7 Å². The molecule has 160 valence electrons. The van der Waals surface area contributed by atoms with Gasteiger partial charge in [-0.3, -0.25) is 14.6 Å². The molecule has 0 spiro atoms. The standard InChI is InChI=1S/C24H31N3O3/c1-19(24(28)25-22-18-21(29-2)11-12-23(22)30-3)27-16-14-26(15-17-27)13-7-10-20-8-5-4-6-9-20/h4-12,18-19H,13-17H2,1-3H3,(H,25,28). The van der Waals surface area contributed by atoms with Gasteiger partial charge in [0.1, 0.15) is 11.5 Å². The van der Waals surface area contributed by atoms with Crippen molar-refractivity contribution in [2.24, 2.45) is 0 Å². The lowest BCUT2D eigenvalue weighted by Gasteiger charge is -2.37. The van der Waals surface area contributed by atoms with Gasteiger partial charge in [0.05, 0.1) is 25.9 Å². The Balaban J connectivity index is 1.49. The van der Waals surface area contributed by atoms with Crippen molar-refractivity contribution in [3.63, 3.8) is 0 Å². The van der Waals surface area contributed by atoms with Crippen LogP contribution in [0.15, 0.2) is 54.6 Å². The zero-order valence-corrected chi connectivity index (χ0v) is 18.0. The topological polar surface area (TPSA) is 54.0 Å². The number of rotatable bonds is 8. The fourth-order valence-corrected chi connectivity index (χ4v) is 3.55. The summed E-state index contributed by atoms with van der Waals surface area (Å²) in [6, 6.07) is 15.5. The first kappa shape index (κ1) is 21.9. The average molecular weight is 410 g/mol. The molecule has 0 saturated carbocycles. The van der Waals surface area contributed by atoms with Crippen LogP contribution >= 0.6 is 0 Å². The van der Waals surface area contributed by atoms with E-state index >= 15 is 0 Å². The molecule has 1 aliphatic heterocycles. The number of anilines is 1. The number of piperazine rings is 1. The highest BCUT2D eigenvalue weighted by atomic mass is 16.5. The molecule has 1 amide bonds. The van der Waals surface area contributed by atoms with Crippen molar-refractivity contribution in [2.45, 2.75) is 13.0 Å². The SMILES string of the molecule is COc1ccc(OC)c(NC(=O)C(C)N2CCN(CC=Cc3ccccc3)CC2)c1. The Kier molecular flexibility index (Phi) is 7.88. The minimum atomic E-state index is -0.220. The quantitative estimate of drug-likeness (QED) is 0.725. The van der Waals surface area contributed by atoms with Gasteiger partial charge in [0.15, 0.2) is 0 Å². The van der Waals surface area contributed by atoms with Crippen LogP contribution in [-0.4, -0.2) is 68.7 Å². The van der Waals surface area contributed by atoms with E-state index in [4.69, 9.17) is 9.47 Å². The second-order valence-corrected chi connectivity index (χ2v) is 7.38. The average Bonchev–Trinajstić information content (AvgIpc) is 2.79. The fraction of sp³-hybridized carbons (Fsp3) is 0.375. The number of amides is 1. The van der Waals surface area contributed by atoms with Crippen LogP contribution in [0.2, 0.25) is 0 Å². The van der Waals surface area contributed by atoms with Crippen molar-refractivity contribution < 1.29 is 14.3 Å². The molecule has 1 fully saturated rings. The highest BCUT2D eigenvalue weighted by molar-refractivity contribution is 5.96. The predicted molar refractivity (Wildman–Crippen MR) is 121 cm³/mol. The van der Waals surface area contributed by atoms with Gasteiger partial charge < -0.3 is 14.8 Å². The van der Waals surface area contributed by atoms with Crippen LogP contribution < -0.4 is 14.8 Å². The number of methoxy groups -OCH3 is 2. The molecule has 30 heavy (non-hydrogen) atoms. The second-order valence-electron chi connectivity index (χ2n) is 7.38. The van der Waals surface area contributed by atoms with E-state index in [0.29, 0.717) is 17.2 Å². The molecule has 2 aromatic carbocycles. The molecular weight excluding hydrogens is 378 g/mol. The maximum absolute atomic E-state index is 12.8. The Morgan fingerprint density at radius 3 is 2.47 bits per heavy atom. The Morgan fingerprint density at radius 1 is 1.07 bits per heavy atom. The van der Waals surface area contributed by atoms with Gasteiger partial charge >= 0.3 is 0 Å². The summed E-state index contributed by atoms with van der Waals surface area (Å²) in [5.41, 5.74) is 1.84.